The summed E-state index contributed by atoms with van der Waals surface area (Å²) in [5.74, 6) is -2.91. The van der Waals surface area contributed by atoms with Crippen LogP contribution in [-0.2, 0) is 6.42 Å². The predicted octanol–water partition coefficient (Wildman–Crippen LogP) is 5.68. The maximum Gasteiger partial charge on any atom is 0.131 e. The molecular weight excluding hydrogens is 404 g/mol. The first-order valence-electron chi connectivity index (χ1n) is 5.61. The number of hydrogen-bond donors (Lipinski definition) is 0. The molecule has 1 unspecified atom stereocenters. The molecule has 0 N–H and O–H groups in total. The van der Waals surface area contributed by atoms with Crippen LogP contribution in [0.1, 0.15) is 16.0 Å². The summed E-state index contributed by atoms with van der Waals surface area (Å²) in [6.45, 7) is 0. The lowest BCUT2D eigenvalue weighted by Gasteiger charge is -2.13. The van der Waals surface area contributed by atoms with Gasteiger partial charge < -0.3 is 0 Å². The molecule has 0 spiro atoms. The maximum absolute atomic E-state index is 13.8. The minimum Gasteiger partial charge on any atom is -0.207 e. The summed E-state index contributed by atoms with van der Waals surface area (Å²) in [6.07, 6.45) is 0.00157. The fraction of sp³-hybridized carbons (Fsp3) is 0.143. The van der Waals surface area contributed by atoms with E-state index in [4.69, 9.17) is 0 Å². The Morgan fingerprint density at radius 2 is 1.50 bits per heavy atom. The van der Waals surface area contributed by atoms with Crippen LogP contribution in [0.15, 0.2) is 34.8 Å². The van der Waals surface area contributed by atoms with E-state index >= 15 is 0 Å². The molecular formula is C14H8Br2F4. The van der Waals surface area contributed by atoms with Gasteiger partial charge in [-0.25, -0.2) is 17.6 Å². The molecule has 0 fully saturated rings. The van der Waals surface area contributed by atoms with E-state index in [-0.39, 0.29) is 22.0 Å². The van der Waals surface area contributed by atoms with Crippen LogP contribution in [0.3, 0.4) is 0 Å². The van der Waals surface area contributed by atoms with Crippen LogP contribution in [0, 0.1) is 23.3 Å². The van der Waals surface area contributed by atoms with Gasteiger partial charge in [-0.2, -0.15) is 0 Å². The van der Waals surface area contributed by atoms with Gasteiger partial charge in [0.25, 0.3) is 0 Å². The van der Waals surface area contributed by atoms with Crippen LogP contribution in [0.4, 0.5) is 17.6 Å². The Labute approximate surface area is 130 Å². The van der Waals surface area contributed by atoms with E-state index in [0.717, 1.165) is 24.3 Å². The molecule has 1 atom stereocenters. The molecule has 20 heavy (non-hydrogen) atoms. The Kier molecular flexibility index (Phi) is 4.86. The molecule has 2 aromatic rings. The first-order chi connectivity index (χ1) is 9.38. The second kappa shape index (κ2) is 6.26. The smallest absolute Gasteiger partial charge is 0.131 e. The second-order valence-corrected chi connectivity index (χ2v) is 6.21. The molecule has 0 bridgehead atoms. The fourth-order valence-electron chi connectivity index (χ4n) is 1.83. The van der Waals surface area contributed by atoms with E-state index in [1.54, 1.807) is 0 Å². The number of halogens is 6. The Bertz CT molecular complexity index is 620. The summed E-state index contributed by atoms with van der Waals surface area (Å²) < 4.78 is 54.2. The molecule has 0 aliphatic heterocycles. The first-order valence-corrected chi connectivity index (χ1v) is 7.32. The van der Waals surface area contributed by atoms with Crippen LogP contribution in [0.2, 0.25) is 0 Å². The fourth-order valence-corrected chi connectivity index (χ4v) is 3.02. The van der Waals surface area contributed by atoms with Crippen molar-refractivity contribution in [2.75, 3.05) is 0 Å². The Morgan fingerprint density at radius 1 is 0.900 bits per heavy atom. The van der Waals surface area contributed by atoms with E-state index in [9.17, 15) is 17.6 Å². The highest BCUT2D eigenvalue weighted by Gasteiger charge is 2.20. The zero-order valence-corrected chi connectivity index (χ0v) is 13.1. The van der Waals surface area contributed by atoms with Crippen molar-refractivity contribution in [1.29, 1.82) is 0 Å². The molecule has 0 saturated heterocycles. The molecule has 0 nitrogen and oxygen atoms in total. The Hall–Kier alpha value is -0.880. The summed E-state index contributed by atoms with van der Waals surface area (Å²) in [5, 5.41) is 0. The van der Waals surface area contributed by atoms with Crippen molar-refractivity contribution in [1.82, 2.24) is 0 Å². The van der Waals surface area contributed by atoms with Gasteiger partial charge in [0, 0.05) is 20.9 Å². The monoisotopic (exact) mass is 410 g/mol. The van der Waals surface area contributed by atoms with Gasteiger partial charge in [0.1, 0.15) is 23.3 Å². The summed E-state index contributed by atoms with van der Waals surface area (Å²) in [5.41, 5.74) is -0.00748. The molecule has 6 heteroatoms. The highest BCUT2D eigenvalue weighted by Crippen LogP contribution is 2.33. The molecule has 106 valence electrons. The van der Waals surface area contributed by atoms with E-state index in [0.29, 0.717) is 0 Å². The number of rotatable bonds is 3. The van der Waals surface area contributed by atoms with Gasteiger partial charge in [-0.3, -0.25) is 0 Å². The van der Waals surface area contributed by atoms with Crippen molar-refractivity contribution < 1.29 is 17.6 Å². The number of hydrogen-bond acceptors (Lipinski definition) is 0. The highest BCUT2D eigenvalue weighted by molar-refractivity contribution is 9.10. The van der Waals surface area contributed by atoms with Crippen LogP contribution >= 0.6 is 31.9 Å². The van der Waals surface area contributed by atoms with E-state index in [1.807, 2.05) is 0 Å². The van der Waals surface area contributed by atoms with Crippen molar-refractivity contribution >= 4 is 31.9 Å². The van der Waals surface area contributed by atoms with E-state index in [1.165, 1.54) is 6.07 Å². The largest absolute Gasteiger partial charge is 0.207 e. The molecule has 0 saturated carbocycles. The van der Waals surface area contributed by atoms with Crippen molar-refractivity contribution in [2.24, 2.45) is 0 Å². The SMILES string of the molecule is Fc1ccc(CC(Br)c2c(F)cc(Br)cc2F)c(F)c1. The molecule has 2 aromatic carbocycles. The molecule has 0 radical (unpaired) electrons. The average molecular weight is 412 g/mol. The van der Waals surface area contributed by atoms with Crippen LogP contribution in [0.25, 0.3) is 0 Å². The van der Waals surface area contributed by atoms with E-state index in [2.05, 4.69) is 31.9 Å². The first kappa shape index (κ1) is 15.5. The van der Waals surface area contributed by atoms with Crippen molar-refractivity contribution in [3.05, 3.63) is 69.2 Å². The third-order valence-electron chi connectivity index (χ3n) is 2.77. The third-order valence-corrected chi connectivity index (χ3v) is 4.01. The van der Waals surface area contributed by atoms with E-state index < -0.39 is 28.1 Å². The van der Waals surface area contributed by atoms with Crippen LogP contribution in [0.5, 0.6) is 0 Å². The zero-order chi connectivity index (χ0) is 14.9. The van der Waals surface area contributed by atoms with Gasteiger partial charge in [0.05, 0.1) is 0 Å². The summed E-state index contributed by atoms with van der Waals surface area (Å²) >= 11 is 6.13. The average Bonchev–Trinajstić information content (AvgIpc) is 2.31. The lowest BCUT2D eigenvalue weighted by atomic mass is 10.0. The molecule has 0 aromatic heterocycles. The quantitative estimate of drug-likeness (QED) is 0.450. The lowest BCUT2D eigenvalue weighted by molar-refractivity contribution is 0.545. The molecule has 0 aliphatic carbocycles. The Balaban J connectivity index is 2.31. The Morgan fingerprint density at radius 3 is 2.05 bits per heavy atom. The standard InChI is InChI=1S/C14H8Br2F4/c15-8-4-12(19)14(13(20)5-8)10(16)3-7-1-2-9(17)6-11(7)18/h1-2,4-6,10H,3H2. The van der Waals surface area contributed by atoms with Gasteiger partial charge in [0.2, 0.25) is 0 Å². The minimum atomic E-state index is -0.754. The molecule has 0 aliphatic rings. The van der Waals surface area contributed by atoms with Crippen LogP contribution < -0.4 is 0 Å². The zero-order valence-electron chi connectivity index (χ0n) is 9.94. The summed E-state index contributed by atoms with van der Waals surface area (Å²) in [4.78, 5) is -0.754. The lowest BCUT2D eigenvalue weighted by Crippen LogP contribution is -2.04. The van der Waals surface area contributed by atoms with Crippen molar-refractivity contribution in [3.63, 3.8) is 0 Å². The molecule has 0 heterocycles. The summed E-state index contributed by atoms with van der Waals surface area (Å²) in [6, 6.07) is 5.37. The molecule has 2 rings (SSSR count). The number of benzene rings is 2. The van der Waals surface area contributed by atoms with Crippen LogP contribution in [-0.4, -0.2) is 0 Å². The van der Waals surface area contributed by atoms with Gasteiger partial charge in [-0.15, -0.1) is 0 Å². The van der Waals surface area contributed by atoms with Crippen molar-refractivity contribution in [3.8, 4) is 0 Å². The molecule has 0 amide bonds. The second-order valence-electron chi connectivity index (χ2n) is 4.19. The van der Waals surface area contributed by atoms with Crippen molar-refractivity contribution in [2.45, 2.75) is 11.2 Å². The topological polar surface area (TPSA) is 0 Å². The van der Waals surface area contributed by atoms with Gasteiger partial charge in [-0.05, 0) is 30.2 Å². The highest BCUT2D eigenvalue weighted by atomic mass is 79.9. The van der Waals surface area contributed by atoms with Gasteiger partial charge in [-0.1, -0.05) is 37.9 Å². The minimum absolute atomic E-state index is 0.00157. The van der Waals surface area contributed by atoms with Gasteiger partial charge in [0.15, 0.2) is 0 Å². The summed E-state index contributed by atoms with van der Waals surface area (Å²) in [7, 11) is 0. The van der Waals surface area contributed by atoms with Gasteiger partial charge >= 0.3 is 0 Å². The third kappa shape index (κ3) is 3.41. The normalized spacial score (nSPS) is 12.5. The maximum atomic E-state index is 13.8. The number of alkyl halides is 1. The predicted molar refractivity (Wildman–Crippen MR) is 75.8 cm³/mol.